The number of sulfonamides is 1. The van der Waals surface area contributed by atoms with Gasteiger partial charge in [0.2, 0.25) is 15.9 Å². The molecule has 1 saturated heterocycles. The van der Waals surface area contributed by atoms with Crippen LogP contribution in [0.4, 0.5) is 5.69 Å². The molecule has 0 aliphatic carbocycles. The van der Waals surface area contributed by atoms with Crippen molar-refractivity contribution in [3.05, 3.63) is 23.8 Å². The second-order valence-electron chi connectivity index (χ2n) is 5.56. The predicted octanol–water partition coefficient (Wildman–Crippen LogP) is 0.167. The van der Waals surface area contributed by atoms with Crippen molar-refractivity contribution in [1.29, 1.82) is 0 Å². The molecule has 1 aromatic rings. The second kappa shape index (κ2) is 5.28. The molecule has 2 rings (SSSR count). The first-order valence-corrected chi connectivity index (χ1v) is 7.90. The third kappa shape index (κ3) is 2.87. The standard InChI is InChI=1S/C13H19N3O4S/c1-13(2)8-20-6-5-16(13)21(18,19)11-4-3-9(12(15)17)7-10(11)14/h3-4,7H,5-6,8,14H2,1-2H3,(H2,15,17). The molecule has 0 bridgehead atoms. The van der Waals surface area contributed by atoms with Gasteiger partial charge in [-0.3, -0.25) is 4.79 Å². The Bertz CT molecular complexity index is 670. The first-order chi connectivity index (χ1) is 9.66. The van der Waals surface area contributed by atoms with E-state index in [4.69, 9.17) is 16.2 Å². The maximum Gasteiger partial charge on any atom is 0.248 e. The molecule has 1 amide bonds. The Balaban J connectivity index is 2.47. The fourth-order valence-electron chi connectivity index (χ4n) is 2.34. The molecular weight excluding hydrogens is 294 g/mol. The molecular formula is C13H19N3O4S. The smallest absolute Gasteiger partial charge is 0.248 e. The van der Waals surface area contributed by atoms with E-state index in [1.54, 1.807) is 13.8 Å². The van der Waals surface area contributed by atoms with Crippen molar-refractivity contribution >= 4 is 21.6 Å². The lowest BCUT2D eigenvalue weighted by atomic mass is 10.1. The summed E-state index contributed by atoms with van der Waals surface area (Å²) in [4.78, 5) is 11.1. The van der Waals surface area contributed by atoms with E-state index >= 15 is 0 Å². The van der Waals surface area contributed by atoms with Crippen LogP contribution in [0.5, 0.6) is 0 Å². The van der Waals surface area contributed by atoms with E-state index < -0.39 is 21.5 Å². The van der Waals surface area contributed by atoms with Gasteiger partial charge in [-0.05, 0) is 32.0 Å². The topological polar surface area (TPSA) is 116 Å². The van der Waals surface area contributed by atoms with Crippen molar-refractivity contribution in [3.63, 3.8) is 0 Å². The number of rotatable bonds is 3. The Morgan fingerprint density at radius 2 is 2.05 bits per heavy atom. The molecule has 0 atom stereocenters. The molecule has 21 heavy (non-hydrogen) atoms. The summed E-state index contributed by atoms with van der Waals surface area (Å²) in [6.07, 6.45) is 0. The molecule has 0 spiro atoms. The van der Waals surface area contributed by atoms with Crippen molar-refractivity contribution in [2.45, 2.75) is 24.3 Å². The van der Waals surface area contributed by atoms with Gasteiger partial charge in [-0.2, -0.15) is 4.31 Å². The molecule has 1 aromatic carbocycles. The first kappa shape index (κ1) is 15.7. The van der Waals surface area contributed by atoms with Gasteiger partial charge in [0, 0.05) is 12.1 Å². The highest BCUT2D eigenvalue weighted by atomic mass is 32.2. The Kier molecular flexibility index (Phi) is 3.96. The van der Waals surface area contributed by atoms with Crippen LogP contribution in [0.2, 0.25) is 0 Å². The number of nitrogen functional groups attached to an aromatic ring is 1. The van der Waals surface area contributed by atoms with Crippen LogP contribution in [0, 0.1) is 0 Å². The van der Waals surface area contributed by atoms with Gasteiger partial charge in [-0.15, -0.1) is 0 Å². The average Bonchev–Trinajstić information content (AvgIpc) is 2.37. The summed E-state index contributed by atoms with van der Waals surface area (Å²) in [5, 5.41) is 0. The fourth-order valence-corrected chi connectivity index (χ4v) is 4.20. The van der Waals surface area contributed by atoms with E-state index in [0.717, 1.165) is 0 Å². The van der Waals surface area contributed by atoms with Gasteiger partial charge in [0.25, 0.3) is 0 Å². The van der Waals surface area contributed by atoms with Crippen LogP contribution < -0.4 is 11.5 Å². The lowest BCUT2D eigenvalue weighted by Crippen LogP contribution is -2.55. The van der Waals surface area contributed by atoms with Crippen molar-refractivity contribution in [2.75, 3.05) is 25.5 Å². The minimum Gasteiger partial charge on any atom is -0.398 e. The maximum absolute atomic E-state index is 12.8. The number of nitrogens with two attached hydrogens (primary N) is 2. The molecule has 0 radical (unpaired) electrons. The second-order valence-corrected chi connectivity index (χ2v) is 7.39. The lowest BCUT2D eigenvalue weighted by Gasteiger charge is -2.40. The number of anilines is 1. The molecule has 116 valence electrons. The minimum atomic E-state index is -3.77. The van der Waals surface area contributed by atoms with E-state index in [1.165, 1.54) is 22.5 Å². The monoisotopic (exact) mass is 313 g/mol. The Morgan fingerprint density at radius 1 is 1.38 bits per heavy atom. The maximum atomic E-state index is 12.8. The fraction of sp³-hybridized carbons (Fsp3) is 0.462. The summed E-state index contributed by atoms with van der Waals surface area (Å²) in [5.74, 6) is -0.655. The van der Waals surface area contributed by atoms with Crippen molar-refractivity contribution in [1.82, 2.24) is 4.31 Å². The van der Waals surface area contributed by atoms with Crippen LogP contribution in [0.3, 0.4) is 0 Å². The molecule has 0 aromatic heterocycles. The summed E-state index contributed by atoms with van der Waals surface area (Å²) in [6, 6.07) is 3.96. The van der Waals surface area contributed by atoms with Gasteiger partial charge in [-0.1, -0.05) is 0 Å². The molecule has 1 heterocycles. The van der Waals surface area contributed by atoms with Crippen molar-refractivity contribution in [3.8, 4) is 0 Å². The van der Waals surface area contributed by atoms with Gasteiger partial charge < -0.3 is 16.2 Å². The quantitative estimate of drug-likeness (QED) is 0.772. The van der Waals surface area contributed by atoms with Gasteiger partial charge in [0.1, 0.15) is 4.90 Å². The van der Waals surface area contributed by atoms with E-state index in [9.17, 15) is 13.2 Å². The van der Waals surface area contributed by atoms with Gasteiger partial charge in [0.15, 0.2) is 0 Å². The molecule has 1 aliphatic heterocycles. The molecule has 4 N–H and O–H groups in total. The summed E-state index contributed by atoms with van der Waals surface area (Å²) in [5.41, 5.74) is 10.5. The van der Waals surface area contributed by atoms with Gasteiger partial charge in [0.05, 0.1) is 24.4 Å². The van der Waals surface area contributed by atoms with Crippen LogP contribution in [0.1, 0.15) is 24.2 Å². The average molecular weight is 313 g/mol. The van der Waals surface area contributed by atoms with E-state index in [2.05, 4.69) is 0 Å². The highest BCUT2D eigenvalue weighted by molar-refractivity contribution is 7.89. The van der Waals surface area contributed by atoms with Crippen LogP contribution in [-0.2, 0) is 14.8 Å². The van der Waals surface area contributed by atoms with Gasteiger partial charge in [-0.25, -0.2) is 8.42 Å². The molecule has 8 heteroatoms. The number of morpholine rings is 1. The van der Waals surface area contributed by atoms with Crippen LogP contribution in [0.25, 0.3) is 0 Å². The third-order valence-corrected chi connectivity index (χ3v) is 5.62. The lowest BCUT2D eigenvalue weighted by molar-refractivity contribution is -0.00768. The first-order valence-electron chi connectivity index (χ1n) is 6.46. The minimum absolute atomic E-state index is 0.00796. The SMILES string of the molecule is CC1(C)COCCN1S(=O)(=O)c1ccc(C(N)=O)cc1N. The van der Waals surface area contributed by atoms with Crippen molar-refractivity contribution in [2.24, 2.45) is 5.73 Å². The van der Waals surface area contributed by atoms with E-state index in [-0.39, 0.29) is 22.7 Å². The highest BCUT2D eigenvalue weighted by Gasteiger charge is 2.40. The number of amides is 1. The number of carbonyl (C=O) groups excluding carboxylic acids is 1. The number of nitrogens with zero attached hydrogens (tertiary/aromatic N) is 1. The van der Waals surface area contributed by atoms with E-state index in [1.807, 2.05) is 0 Å². The number of carbonyl (C=O) groups is 1. The summed E-state index contributed by atoms with van der Waals surface area (Å²) in [7, 11) is -3.77. The normalized spacial score (nSPS) is 19.3. The van der Waals surface area contributed by atoms with Crippen LogP contribution >= 0.6 is 0 Å². The molecule has 0 saturated carbocycles. The zero-order valence-electron chi connectivity index (χ0n) is 12.0. The highest BCUT2D eigenvalue weighted by Crippen LogP contribution is 2.30. The molecule has 0 unspecified atom stereocenters. The number of benzene rings is 1. The molecule has 1 aliphatic rings. The number of hydrogen-bond acceptors (Lipinski definition) is 5. The summed E-state index contributed by atoms with van der Waals surface area (Å²) >= 11 is 0. The van der Waals surface area contributed by atoms with Gasteiger partial charge >= 0.3 is 0 Å². The number of ether oxygens (including phenoxy) is 1. The number of hydrogen-bond donors (Lipinski definition) is 2. The summed E-state index contributed by atoms with van der Waals surface area (Å²) < 4.78 is 32.3. The Morgan fingerprint density at radius 3 is 2.57 bits per heavy atom. The van der Waals surface area contributed by atoms with E-state index in [0.29, 0.717) is 13.2 Å². The largest absolute Gasteiger partial charge is 0.398 e. The molecule has 1 fully saturated rings. The summed E-state index contributed by atoms with van der Waals surface area (Å²) in [6.45, 7) is 4.48. The van der Waals surface area contributed by atoms with Crippen molar-refractivity contribution < 1.29 is 17.9 Å². The molecule has 7 nitrogen and oxygen atoms in total. The third-order valence-electron chi connectivity index (χ3n) is 3.43. The zero-order chi connectivity index (χ0) is 15.8. The Hall–Kier alpha value is -1.64. The predicted molar refractivity (Wildman–Crippen MR) is 78.2 cm³/mol. The number of primary amides is 1. The zero-order valence-corrected chi connectivity index (χ0v) is 12.8. The Labute approximate surface area is 123 Å². The van der Waals surface area contributed by atoms with Crippen LogP contribution in [-0.4, -0.2) is 43.9 Å². The van der Waals surface area contributed by atoms with Crippen LogP contribution in [0.15, 0.2) is 23.1 Å².